The Morgan fingerprint density at radius 2 is 1.92 bits per heavy atom. The van der Waals surface area contributed by atoms with Crippen molar-refractivity contribution >= 4 is 17.5 Å². The number of ketones is 2. The van der Waals surface area contributed by atoms with Crippen LogP contribution >= 0.6 is 0 Å². The standard InChI is InChI=1S/C41H53N7O11/c1-45-40(44)48-18-27-23(13-21(4-3-11-49)22-5-6-30(42)47-17-22)14-25-33(35(27)52)36(53)32-26(34(25)51)15-24(57-2)16-28(32)58-39-37(54)38(55)41(56,29(19-50)59-39)9-7-20-8-10-46-31(43)12-20/h5-6,8,12,14-17,21,29-30,37-39,46-47,49-50,52,54-56H,3-4,7,9-11,13,18-19,42-43H2,1-2H3,(H3,44,45,48)/t21-,29+,30?,37+,38+,39+,41+/m0/s1. The van der Waals surface area contributed by atoms with E-state index in [1.165, 1.54) is 26.3 Å². The third kappa shape index (κ3) is 8.79. The lowest BCUT2D eigenvalue weighted by Crippen LogP contribution is -2.67. The highest BCUT2D eigenvalue weighted by Gasteiger charge is 2.55. The van der Waals surface area contributed by atoms with Gasteiger partial charge in [-0.25, -0.2) is 0 Å². The van der Waals surface area contributed by atoms with E-state index in [4.69, 9.17) is 31.4 Å². The molecule has 15 N–H and O–H groups in total. The molecule has 3 heterocycles. The van der Waals surface area contributed by atoms with E-state index in [1.807, 2.05) is 12.2 Å². The number of methoxy groups -OCH3 is 1. The first-order valence-electron chi connectivity index (χ1n) is 19.3. The van der Waals surface area contributed by atoms with Gasteiger partial charge in [0.25, 0.3) is 0 Å². The van der Waals surface area contributed by atoms with Gasteiger partial charge in [0.1, 0.15) is 41.2 Å². The highest BCUT2D eigenvalue weighted by molar-refractivity contribution is 6.30. The predicted molar refractivity (Wildman–Crippen MR) is 215 cm³/mol. The predicted octanol–water partition coefficient (Wildman–Crippen LogP) is -0.872. The Hall–Kier alpha value is -5.47. The molecule has 0 amide bonds. The summed E-state index contributed by atoms with van der Waals surface area (Å²) in [5.74, 6) is -1.85. The minimum atomic E-state index is -2.13. The van der Waals surface area contributed by atoms with Crippen LogP contribution < -0.4 is 42.6 Å². The van der Waals surface area contributed by atoms with Crippen molar-refractivity contribution in [2.75, 3.05) is 33.9 Å². The molecule has 0 aromatic heterocycles. The lowest BCUT2D eigenvalue weighted by Gasteiger charge is -2.48. The summed E-state index contributed by atoms with van der Waals surface area (Å²) < 4.78 is 17.4. The van der Waals surface area contributed by atoms with Crippen LogP contribution in [0.3, 0.4) is 0 Å². The summed E-state index contributed by atoms with van der Waals surface area (Å²) >= 11 is 0. The van der Waals surface area contributed by atoms with Crippen LogP contribution in [0.1, 0.15) is 68.7 Å². The summed E-state index contributed by atoms with van der Waals surface area (Å²) in [6, 6.07) is 4.20. The number of allylic oxidation sites excluding steroid dienone is 4. The second kappa shape index (κ2) is 18.2. The number of guanidine groups is 1. The van der Waals surface area contributed by atoms with Crippen LogP contribution in [-0.4, -0.2) is 118 Å². The number of nitrogens with two attached hydrogens (primary N) is 3. The first kappa shape index (κ1) is 43.1. The molecule has 1 unspecified atom stereocenters. The molecular weight excluding hydrogens is 766 g/mol. The number of fused-ring (bicyclic) bond motifs is 2. The Kier molecular flexibility index (Phi) is 13.3. The van der Waals surface area contributed by atoms with Crippen molar-refractivity contribution in [1.29, 1.82) is 0 Å². The molecule has 1 fully saturated rings. The number of hydrogen-bond donors (Lipinski definition) is 12. The molecule has 2 aromatic rings. The SMILES string of the molecule is CN=C(N)NCc1c(C[C@H](CCCO)C2=CNC(N)C=C2)cc2c(c1O)C(=O)c1c(O[C@@H]3O[C@H](CO)[C@](O)(CCC4=CCNC(N)=C4)[C@H](O)[C@H]3O)cc(OC)cc1C2=O. The molecule has 0 saturated carbocycles. The number of dihydropyridines is 2. The van der Waals surface area contributed by atoms with E-state index in [-0.39, 0.29) is 89.8 Å². The van der Waals surface area contributed by atoms with Gasteiger partial charge in [0.15, 0.2) is 11.7 Å². The molecule has 1 saturated heterocycles. The summed E-state index contributed by atoms with van der Waals surface area (Å²) in [4.78, 5) is 33.1. The highest BCUT2D eigenvalue weighted by atomic mass is 16.7. The lowest BCUT2D eigenvalue weighted by molar-refractivity contribution is -0.314. The molecule has 4 aliphatic rings. The molecule has 3 aliphatic heterocycles. The third-order valence-electron chi connectivity index (χ3n) is 11.2. The molecule has 318 valence electrons. The monoisotopic (exact) mass is 819 g/mol. The third-order valence-corrected chi connectivity index (χ3v) is 11.2. The largest absolute Gasteiger partial charge is 0.507 e. The van der Waals surface area contributed by atoms with Crippen LogP contribution in [0.15, 0.2) is 70.7 Å². The number of aromatic hydroxyl groups is 1. The van der Waals surface area contributed by atoms with E-state index < -0.39 is 54.1 Å². The Morgan fingerprint density at radius 3 is 2.58 bits per heavy atom. The number of aliphatic imine (C=N–C) groups is 1. The molecule has 6 rings (SSSR count). The number of carbonyl (C=O) groups excluding carboxylic acids is 2. The summed E-state index contributed by atoms with van der Waals surface area (Å²) in [6.45, 7) is -0.453. The zero-order chi connectivity index (χ0) is 42.6. The van der Waals surface area contributed by atoms with E-state index in [0.29, 0.717) is 30.8 Å². The Bertz CT molecular complexity index is 2100. The van der Waals surface area contributed by atoms with Crippen molar-refractivity contribution in [2.45, 2.75) is 75.0 Å². The number of phenols is 1. The van der Waals surface area contributed by atoms with Gasteiger partial charge in [0.05, 0.1) is 36.8 Å². The maximum absolute atomic E-state index is 14.6. The number of hydrogen-bond acceptors (Lipinski definition) is 16. The Morgan fingerprint density at radius 1 is 1.15 bits per heavy atom. The first-order chi connectivity index (χ1) is 28.2. The maximum Gasteiger partial charge on any atom is 0.229 e. The van der Waals surface area contributed by atoms with Crippen molar-refractivity contribution < 1.29 is 54.4 Å². The number of aliphatic hydroxyl groups is 5. The van der Waals surface area contributed by atoms with Crippen LogP contribution in [0.25, 0.3) is 0 Å². The van der Waals surface area contributed by atoms with Crippen LogP contribution in [0.2, 0.25) is 0 Å². The molecule has 7 atom stereocenters. The van der Waals surface area contributed by atoms with Crippen molar-refractivity contribution in [2.24, 2.45) is 28.1 Å². The van der Waals surface area contributed by atoms with Crippen molar-refractivity contribution in [1.82, 2.24) is 16.0 Å². The zero-order valence-corrected chi connectivity index (χ0v) is 32.9. The van der Waals surface area contributed by atoms with Crippen LogP contribution in [0.5, 0.6) is 17.2 Å². The zero-order valence-electron chi connectivity index (χ0n) is 32.9. The molecule has 18 nitrogen and oxygen atoms in total. The number of carbonyl (C=O) groups is 2. The van der Waals surface area contributed by atoms with E-state index in [1.54, 1.807) is 24.4 Å². The van der Waals surface area contributed by atoms with Gasteiger partial charge in [-0.2, -0.15) is 0 Å². The Labute approximate surface area is 340 Å². The number of nitrogens with zero attached hydrogens (tertiary/aromatic N) is 1. The van der Waals surface area contributed by atoms with Gasteiger partial charge < -0.3 is 78.0 Å². The number of phenolic OH excluding ortho intramolecular Hbond substituents is 1. The van der Waals surface area contributed by atoms with Gasteiger partial charge >= 0.3 is 0 Å². The fourth-order valence-corrected chi connectivity index (χ4v) is 7.91. The van der Waals surface area contributed by atoms with Gasteiger partial charge in [-0.1, -0.05) is 12.2 Å². The fraction of sp³-hybridized carbons (Fsp3) is 0.439. The van der Waals surface area contributed by atoms with Gasteiger partial charge in [0.2, 0.25) is 12.1 Å². The molecule has 0 radical (unpaired) electrons. The van der Waals surface area contributed by atoms with Gasteiger partial charge in [0, 0.05) is 55.7 Å². The van der Waals surface area contributed by atoms with E-state index in [9.17, 15) is 40.2 Å². The van der Waals surface area contributed by atoms with Gasteiger partial charge in [-0.05, 0) is 79.0 Å². The molecule has 0 spiro atoms. The lowest BCUT2D eigenvalue weighted by atomic mass is 9.78. The van der Waals surface area contributed by atoms with Crippen LogP contribution in [0, 0.1) is 5.92 Å². The molecule has 18 heteroatoms. The number of benzene rings is 2. The Balaban J connectivity index is 1.36. The highest BCUT2D eigenvalue weighted by Crippen LogP contribution is 2.44. The van der Waals surface area contributed by atoms with Gasteiger partial charge in [-0.15, -0.1) is 0 Å². The average Bonchev–Trinajstić information content (AvgIpc) is 3.23. The summed E-state index contributed by atoms with van der Waals surface area (Å²) in [6.07, 6.45) is 2.97. The smallest absolute Gasteiger partial charge is 0.229 e. The number of ether oxygens (including phenoxy) is 3. The molecular formula is C41H53N7O11. The van der Waals surface area contributed by atoms with Crippen LogP contribution in [0.4, 0.5) is 0 Å². The molecule has 1 aliphatic carbocycles. The number of aliphatic hydroxyl groups excluding tert-OH is 4. The second-order valence-corrected chi connectivity index (χ2v) is 14.9. The average molecular weight is 820 g/mol. The minimum Gasteiger partial charge on any atom is -0.507 e. The normalized spacial score (nSPS) is 25.7. The topological polar surface area (TPSA) is 310 Å². The number of nitrogens with one attached hydrogen (secondary N) is 3. The maximum atomic E-state index is 14.6. The summed E-state index contributed by atoms with van der Waals surface area (Å²) in [5.41, 5.74) is 17.3. The minimum absolute atomic E-state index is 0.0580. The van der Waals surface area contributed by atoms with Crippen molar-refractivity contribution in [3.8, 4) is 17.2 Å². The van der Waals surface area contributed by atoms with Gasteiger partial charge in [-0.3, -0.25) is 14.6 Å². The van der Waals surface area contributed by atoms with Crippen LogP contribution in [-0.2, 0) is 17.7 Å². The summed E-state index contributed by atoms with van der Waals surface area (Å²) in [5, 5.41) is 75.3. The fourth-order valence-electron chi connectivity index (χ4n) is 7.91. The molecule has 2 aromatic carbocycles. The summed E-state index contributed by atoms with van der Waals surface area (Å²) in [7, 11) is 2.82. The van der Waals surface area contributed by atoms with Crippen molar-refractivity contribution in [3.63, 3.8) is 0 Å². The quantitative estimate of drug-likeness (QED) is 0.0655. The van der Waals surface area contributed by atoms with E-state index in [0.717, 1.165) is 11.1 Å². The molecule has 59 heavy (non-hydrogen) atoms. The first-order valence-corrected chi connectivity index (χ1v) is 19.3. The van der Waals surface area contributed by atoms with Crippen molar-refractivity contribution in [3.05, 3.63) is 99.1 Å². The molecule has 0 bridgehead atoms. The van der Waals surface area contributed by atoms with E-state index in [2.05, 4.69) is 20.9 Å². The second-order valence-electron chi connectivity index (χ2n) is 14.9. The number of rotatable bonds is 15. The van der Waals surface area contributed by atoms with E-state index >= 15 is 0 Å².